The second kappa shape index (κ2) is 11.1. The predicted molar refractivity (Wildman–Crippen MR) is 141 cm³/mol. The third-order valence-corrected chi connectivity index (χ3v) is 9.99. The van der Waals surface area contributed by atoms with Crippen LogP contribution in [0, 0.1) is 5.92 Å². The van der Waals surface area contributed by atoms with Gasteiger partial charge in [-0.25, -0.2) is 0 Å². The van der Waals surface area contributed by atoms with Gasteiger partial charge < -0.3 is 24.6 Å². The van der Waals surface area contributed by atoms with Crippen molar-refractivity contribution in [3.05, 3.63) is 11.8 Å². The number of amides is 1. The molecule has 0 radical (unpaired) electrons. The molecule has 1 amide bonds. The van der Waals surface area contributed by atoms with Crippen LogP contribution in [0.15, 0.2) is 11.8 Å². The topological polar surface area (TPSA) is 77.6 Å². The molecule has 0 bridgehead atoms. The van der Waals surface area contributed by atoms with Gasteiger partial charge >= 0.3 is 0 Å². The zero-order valence-electron chi connectivity index (χ0n) is 22.0. The molecule has 4 aliphatic heterocycles. The lowest BCUT2D eigenvalue weighted by Gasteiger charge is -2.59. The molecule has 206 valence electrons. The molecule has 37 heavy (non-hydrogen) atoms. The number of piperazine rings is 1. The maximum Gasteiger partial charge on any atom is 0.256 e. The lowest BCUT2D eigenvalue weighted by Crippen LogP contribution is -2.69. The van der Waals surface area contributed by atoms with Crippen LogP contribution in [0.4, 0.5) is 0 Å². The van der Waals surface area contributed by atoms with E-state index in [1.54, 1.807) is 0 Å². The number of nitrogens with zero attached hydrogens (tertiary/aromatic N) is 4. The van der Waals surface area contributed by atoms with Crippen LogP contribution in [0.1, 0.15) is 32.1 Å². The van der Waals surface area contributed by atoms with E-state index < -0.39 is 0 Å². The number of morpholine rings is 2. The second-order valence-corrected chi connectivity index (χ2v) is 12.4. The minimum Gasteiger partial charge on any atom is -0.379 e. The van der Waals surface area contributed by atoms with Gasteiger partial charge in [0.2, 0.25) is 0 Å². The Morgan fingerprint density at radius 1 is 1.05 bits per heavy atom. The summed E-state index contributed by atoms with van der Waals surface area (Å²) in [6.07, 6.45) is 6.41. The minimum atomic E-state index is -0.232. The summed E-state index contributed by atoms with van der Waals surface area (Å²) < 4.78 is 12.2. The molecule has 0 aromatic carbocycles. The fraction of sp³-hybridized carbons (Fsp3) is 0.852. The van der Waals surface area contributed by atoms with Crippen molar-refractivity contribution < 1.29 is 19.1 Å². The quantitative estimate of drug-likeness (QED) is 0.403. The first-order valence-electron chi connectivity index (χ1n) is 14.3. The number of hydrogen-bond donors (Lipinski definition) is 1. The number of carbonyl (C=O) groups excluding carboxylic acids is 2. The molecule has 5 fully saturated rings. The predicted octanol–water partition coefficient (Wildman–Crippen LogP) is 0.525. The van der Waals surface area contributed by atoms with E-state index in [-0.39, 0.29) is 47.3 Å². The Morgan fingerprint density at radius 3 is 2.62 bits per heavy atom. The molecule has 7 atom stereocenters. The van der Waals surface area contributed by atoms with Crippen LogP contribution < -0.4 is 5.32 Å². The zero-order valence-corrected chi connectivity index (χ0v) is 22.8. The van der Waals surface area contributed by atoms with E-state index in [1.165, 1.54) is 0 Å². The van der Waals surface area contributed by atoms with Crippen molar-refractivity contribution in [3.8, 4) is 0 Å². The van der Waals surface area contributed by atoms with Gasteiger partial charge in [-0.3, -0.25) is 19.4 Å². The van der Waals surface area contributed by atoms with Gasteiger partial charge in [0.15, 0.2) is 5.78 Å². The van der Waals surface area contributed by atoms with E-state index in [1.807, 2.05) is 6.20 Å². The van der Waals surface area contributed by atoms with Crippen molar-refractivity contribution in [2.45, 2.75) is 67.8 Å². The summed E-state index contributed by atoms with van der Waals surface area (Å²) in [6, 6.07) is 0.513. The van der Waals surface area contributed by atoms with Crippen LogP contribution >= 0.6 is 11.6 Å². The van der Waals surface area contributed by atoms with E-state index in [0.29, 0.717) is 18.2 Å². The normalized spacial score (nSPS) is 39.5. The summed E-state index contributed by atoms with van der Waals surface area (Å²) in [5.41, 5.74) is 0.328. The van der Waals surface area contributed by atoms with Crippen molar-refractivity contribution in [1.29, 1.82) is 0 Å². The Labute approximate surface area is 225 Å². The van der Waals surface area contributed by atoms with Crippen molar-refractivity contribution in [2.75, 3.05) is 72.6 Å². The lowest BCUT2D eigenvalue weighted by molar-refractivity contribution is -0.188. The molecule has 4 heterocycles. The number of likely N-dealkylation sites (N-methyl/N-ethyl adjacent to an activating group) is 1. The third kappa shape index (κ3) is 5.32. The molecule has 3 saturated heterocycles. The summed E-state index contributed by atoms with van der Waals surface area (Å²) >= 11 is 6.58. The maximum absolute atomic E-state index is 13.9. The third-order valence-electron chi connectivity index (χ3n) is 9.59. The van der Waals surface area contributed by atoms with Crippen molar-refractivity contribution in [3.63, 3.8) is 0 Å². The second-order valence-electron chi connectivity index (χ2n) is 11.8. The fourth-order valence-electron chi connectivity index (χ4n) is 7.49. The molecule has 2 saturated carbocycles. The average molecular weight is 536 g/mol. The van der Waals surface area contributed by atoms with Gasteiger partial charge in [-0.1, -0.05) is 0 Å². The van der Waals surface area contributed by atoms with E-state index in [0.717, 1.165) is 91.1 Å². The molecule has 0 aromatic rings. The number of fused-ring (bicyclic) bond motifs is 2. The Hall–Kier alpha value is -1.23. The van der Waals surface area contributed by atoms with Crippen molar-refractivity contribution in [2.24, 2.45) is 5.92 Å². The number of hydrogen-bond acceptors (Lipinski definition) is 8. The molecule has 7 unspecified atom stereocenters. The first-order valence-corrected chi connectivity index (χ1v) is 14.8. The van der Waals surface area contributed by atoms with Gasteiger partial charge in [-0.05, 0) is 39.2 Å². The van der Waals surface area contributed by atoms with Gasteiger partial charge in [-0.2, -0.15) is 0 Å². The number of rotatable bonds is 5. The van der Waals surface area contributed by atoms with Crippen LogP contribution in [0.2, 0.25) is 0 Å². The van der Waals surface area contributed by atoms with E-state index in [4.69, 9.17) is 21.1 Å². The standard InChI is InChI=1S/C27H42ClN5O4/c1-30-6-8-32(9-7-30)19-15-20-25-24(16-19)37-23-14-18(28)2-3-22(23)33(25)17-21(26(20)34)27(35)29-4-5-31-10-12-36-13-11-31/h17-20,22-25H,2-16H2,1H3,(H,29,35). The number of ether oxygens (including phenoxy) is 2. The van der Waals surface area contributed by atoms with Gasteiger partial charge in [-0.15, -0.1) is 11.6 Å². The first kappa shape index (κ1) is 26.0. The molecule has 0 aromatic heterocycles. The maximum atomic E-state index is 13.9. The SMILES string of the molecule is CN1CCN(C2CC3OC4CC(Cl)CCC4N4C=C(C(=O)NCCN5CCOCC5)C(=O)C(C2)C34)CC1. The van der Waals surface area contributed by atoms with Crippen LogP contribution in [0.3, 0.4) is 0 Å². The largest absolute Gasteiger partial charge is 0.379 e. The Morgan fingerprint density at radius 2 is 1.84 bits per heavy atom. The summed E-state index contributed by atoms with van der Waals surface area (Å²) in [7, 11) is 2.17. The number of alkyl halides is 1. The highest BCUT2D eigenvalue weighted by molar-refractivity contribution is 6.21. The fourth-order valence-corrected chi connectivity index (χ4v) is 7.79. The summed E-state index contributed by atoms with van der Waals surface area (Å²) in [4.78, 5) is 36.9. The molecule has 2 aliphatic carbocycles. The Bertz CT molecular complexity index is 890. The highest BCUT2D eigenvalue weighted by Crippen LogP contribution is 2.46. The number of carbonyl (C=O) groups is 2. The highest BCUT2D eigenvalue weighted by Gasteiger charge is 2.56. The summed E-state index contributed by atoms with van der Waals surface area (Å²) in [6.45, 7) is 8.68. The van der Waals surface area contributed by atoms with E-state index in [2.05, 4.69) is 32.0 Å². The molecule has 10 heteroatoms. The van der Waals surface area contributed by atoms with E-state index in [9.17, 15) is 9.59 Å². The molecule has 6 aliphatic rings. The zero-order chi connectivity index (χ0) is 25.5. The number of Topliss-reactive ketones (excluding diaryl/α,β-unsaturated/α-hetero) is 1. The van der Waals surface area contributed by atoms with Crippen LogP contribution in [-0.2, 0) is 19.1 Å². The van der Waals surface area contributed by atoms with Crippen molar-refractivity contribution in [1.82, 2.24) is 24.9 Å². The smallest absolute Gasteiger partial charge is 0.256 e. The summed E-state index contributed by atoms with van der Waals surface area (Å²) in [5, 5.41) is 3.18. The first-order chi connectivity index (χ1) is 18.0. The number of ketones is 1. The number of halogens is 1. The van der Waals surface area contributed by atoms with Crippen molar-refractivity contribution >= 4 is 23.3 Å². The molecular weight excluding hydrogens is 494 g/mol. The molecule has 1 N–H and O–H groups in total. The van der Waals surface area contributed by atoms with Gasteiger partial charge in [0.05, 0.1) is 43.1 Å². The van der Waals surface area contributed by atoms with Crippen LogP contribution in [0.5, 0.6) is 0 Å². The number of nitrogens with one attached hydrogen (secondary N) is 1. The molecule has 6 rings (SSSR count). The molecule has 9 nitrogen and oxygen atoms in total. The van der Waals surface area contributed by atoms with Gasteiger partial charge in [0.1, 0.15) is 0 Å². The van der Waals surface area contributed by atoms with Crippen LogP contribution in [0.25, 0.3) is 0 Å². The minimum absolute atomic E-state index is 0.00188. The van der Waals surface area contributed by atoms with Crippen LogP contribution in [-0.4, -0.2) is 140 Å². The van der Waals surface area contributed by atoms with Gasteiger partial charge in [0.25, 0.3) is 5.91 Å². The monoisotopic (exact) mass is 535 g/mol. The molecular formula is C27H42ClN5O4. The highest BCUT2D eigenvalue weighted by atomic mass is 35.5. The Kier molecular flexibility index (Phi) is 7.80. The Balaban J connectivity index is 1.21. The average Bonchev–Trinajstić information content (AvgIpc) is 2.90. The van der Waals surface area contributed by atoms with Gasteiger partial charge in [0, 0.05) is 75.9 Å². The summed E-state index contributed by atoms with van der Waals surface area (Å²) in [5.74, 6) is -0.436. The lowest BCUT2D eigenvalue weighted by atomic mass is 9.70. The van der Waals surface area contributed by atoms with E-state index >= 15 is 0 Å². The molecule has 0 spiro atoms.